The van der Waals surface area contributed by atoms with Gasteiger partial charge in [0.05, 0.1) is 7.11 Å². The molecular formula is C19H19NO3S. The van der Waals surface area contributed by atoms with E-state index in [0.29, 0.717) is 10.6 Å². The smallest absolute Gasteiger partial charge is 0.357 e. The zero-order valence-corrected chi connectivity index (χ0v) is 15.0. The number of benzene rings is 1. The first-order valence-electron chi connectivity index (χ1n) is 7.75. The molecule has 1 aromatic heterocycles. The number of hydrogen-bond acceptors (Lipinski definition) is 5. The average Bonchev–Trinajstić information content (AvgIpc) is 3.17. The molecule has 0 atom stereocenters. The third-order valence-corrected chi connectivity index (χ3v) is 5.44. The van der Waals surface area contributed by atoms with Crippen LogP contribution in [0.25, 0.3) is 5.57 Å². The van der Waals surface area contributed by atoms with Crippen LogP contribution in [0.15, 0.2) is 30.3 Å². The molecule has 4 nitrogen and oxygen atoms in total. The fourth-order valence-corrected chi connectivity index (χ4v) is 3.84. The summed E-state index contributed by atoms with van der Waals surface area (Å²) < 4.78 is 4.83. The molecular weight excluding hydrogens is 322 g/mol. The van der Waals surface area contributed by atoms with Gasteiger partial charge in [0.15, 0.2) is 10.7 Å². The second kappa shape index (κ2) is 5.98. The van der Waals surface area contributed by atoms with Gasteiger partial charge < -0.3 is 4.74 Å². The van der Waals surface area contributed by atoms with Gasteiger partial charge in [-0.05, 0) is 23.0 Å². The van der Waals surface area contributed by atoms with Crippen molar-refractivity contribution in [3.8, 4) is 0 Å². The van der Waals surface area contributed by atoms with E-state index in [1.54, 1.807) is 0 Å². The molecule has 0 aliphatic heterocycles. The maximum absolute atomic E-state index is 12.9. The Morgan fingerprint density at radius 2 is 1.92 bits per heavy atom. The number of esters is 1. The van der Waals surface area contributed by atoms with Crippen molar-refractivity contribution < 1.29 is 14.3 Å². The zero-order chi connectivity index (χ0) is 17.5. The Bertz CT molecular complexity index is 856. The number of thiazole rings is 1. The first-order chi connectivity index (χ1) is 11.3. The highest BCUT2D eigenvalue weighted by atomic mass is 32.1. The standard InChI is InChI=1S/C19H19NO3S/c1-19(2,3)16-14(18(22)23-4)20-17(24-16)15(21)13-10-9-11-7-5-6-8-12(11)13/h5-8,10H,9H2,1-4H3. The molecule has 0 spiro atoms. The van der Waals surface area contributed by atoms with Gasteiger partial charge in [0.2, 0.25) is 5.78 Å². The van der Waals surface area contributed by atoms with Crippen LogP contribution in [-0.4, -0.2) is 23.8 Å². The first-order valence-corrected chi connectivity index (χ1v) is 8.57. The average molecular weight is 341 g/mol. The van der Waals surface area contributed by atoms with Crippen LogP contribution >= 0.6 is 11.3 Å². The monoisotopic (exact) mass is 341 g/mol. The molecule has 0 fully saturated rings. The van der Waals surface area contributed by atoms with Crippen molar-refractivity contribution in [2.75, 3.05) is 7.11 Å². The van der Waals surface area contributed by atoms with Crippen LogP contribution in [0.3, 0.4) is 0 Å². The number of ketones is 1. The molecule has 0 amide bonds. The third kappa shape index (κ3) is 2.80. The van der Waals surface area contributed by atoms with Gasteiger partial charge in [-0.3, -0.25) is 4.79 Å². The summed E-state index contributed by atoms with van der Waals surface area (Å²) in [5, 5.41) is 0.336. The van der Waals surface area contributed by atoms with Crippen LogP contribution < -0.4 is 0 Å². The zero-order valence-electron chi connectivity index (χ0n) is 14.2. The van der Waals surface area contributed by atoms with Crippen LogP contribution in [0.2, 0.25) is 0 Å². The van der Waals surface area contributed by atoms with Crippen molar-refractivity contribution in [2.45, 2.75) is 32.6 Å². The molecule has 2 aromatic rings. The number of Topliss-reactive ketones (excluding diaryl/α,β-unsaturated/α-hetero) is 1. The van der Waals surface area contributed by atoms with Gasteiger partial charge in [-0.2, -0.15) is 0 Å². The fourth-order valence-electron chi connectivity index (χ4n) is 2.77. The van der Waals surface area contributed by atoms with Crippen LogP contribution in [0.5, 0.6) is 0 Å². The highest BCUT2D eigenvalue weighted by molar-refractivity contribution is 7.14. The number of ether oxygens (including phenoxy) is 1. The lowest BCUT2D eigenvalue weighted by Gasteiger charge is -2.16. The Morgan fingerprint density at radius 1 is 1.21 bits per heavy atom. The van der Waals surface area contributed by atoms with E-state index < -0.39 is 5.97 Å². The van der Waals surface area contributed by atoms with Crippen molar-refractivity contribution in [2.24, 2.45) is 0 Å². The lowest BCUT2D eigenvalue weighted by atomic mass is 9.93. The van der Waals surface area contributed by atoms with Crippen LogP contribution in [0, 0.1) is 0 Å². The SMILES string of the molecule is COC(=O)c1nc(C(=O)C2=CCc3ccccc32)sc1C(C)(C)C. The number of allylic oxidation sites excluding steroid dienone is 2. The van der Waals surface area contributed by atoms with Crippen molar-refractivity contribution in [1.29, 1.82) is 0 Å². The predicted molar refractivity (Wildman–Crippen MR) is 94.6 cm³/mol. The minimum Gasteiger partial charge on any atom is -0.464 e. The molecule has 1 aliphatic rings. The summed E-state index contributed by atoms with van der Waals surface area (Å²) in [7, 11) is 1.32. The maximum Gasteiger partial charge on any atom is 0.357 e. The second-order valence-electron chi connectivity index (χ2n) is 6.75. The molecule has 0 bridgehead atoms. The highest BCUT2D eigenvalue weighted by Gasteiger charge is 2.31. The van der Waals surface area contributed by atoms with Gasteiger partial charge in [-0.15, -0.1) is 11.3 Å². The van der Waals surface area contributed by atoms with E-state index in [-0.39, 0.29) is 16.9 Å². The van der Waals surface area contributed by atoms with Crippen molar-refractivity contribution >= 4 is 28.7 Å². The van der Waals surface area contributed by atoms with E-state index >= 15 is 0 Å². The molecule has 124 valence electrons. The van der Waals surface area contributed by atoms with E-state index in [1.165, 1.54) is 18.4 Å². The van der Waals surface area contributed by atoms with Crippen LogP contribution in [-0.2, 0) is 16.6 Å². The van der Waals surface area contributed by atoms with Gasteiger partial charge in [-0.25, -0.2) is 9.78 Å². The van der Waals surface area contributed by atoms with Gasteiger partial charge in [0.25, 0.3) is 0 Å². The van der Waals surface area contributed by atoms with Crippen LogP contribution in [0.1, 0.15) is 57.1 Å². The molecule has 0 N–H and O–H groups in total. The van der Waals surface area contributed by atoms with Crippen molar-refractivity contribution in [1.82, 2.24) is 4.98 Å². The van der Waals surface area contributed by atoms with Gasteiger partial charge in [0, 0.05) is 10.5 Å². The Kier molecular flexibility index (Phi) is 4.13. The molecule has 1 heterocycles. The molecule has 5 heteroatoms. The Balaban J connectivity index is 2.03. The summed E-state index contributed by atoms with van der Waals surface area (Å²) >= 11 is 1.28. The van der Waals surface area contributed by atoms with Gasteiger partial charge >= 0.3 is 5.97 Å². The topological polar surface area (TPSA) is 56.3 Å². The molecule has 3 rings (SSSR count). The van der Waals surface area contributed by atoms with Gasteiger partial charge in [0.1, 0.15) is 0 Å². The van der Waals surface area contributed by atoms with Crippen molar-refractivity contribution in [3.05, 3.63) is 57.0 Å². The van der Waals surface area contributed by atoms with E-state index in [1.807, 2.05) is 51.1 Å². The molecule has 0 saturated carbocycles. The van der Waals surface area contributed by atoms with Crippen molar-refractivity contribution in [3.63, 3.8) is 0 Å². The van der Waals surface area contributed by atoms with E-state index in [9.17, 15) is 9.59 Å². The quantitative estimate of drug-likeness (QED) is 0.624. The summed E-state index contributed by atoms with van der Waals surface area (Å²) in [6.45, 7) is 5.97. The minimum absolute atomic E-state index is 0.134. The Morgan fingerprint density at radius 3 is 2.58 bits per heavy atom. The predicted octanol–water partition coefficient (Wildman–Crippen LogP) is 4.05. The van der Waals surface area contributed by atoms with Gasteiger partial charge in [-0.1, -0.05) is 51.1 Å². The fraction of sp³-hybridized carbons (Fsp3) is 0.316. The summed E-state index contributed by atoms with van der Waals surface area (Å²) in [4.78, 5) is 30.1. The van der Waals surface area contributed by atoms with E-state index in [0.717, 1.165) is 22.4 Å². The summed E-state index contributed by atoms with van der Waals surface area (Å²) in [6.07, 6.45) is 2.68. The Hall–Kier alpha value is -2.27. The number of hydrogen-bond donors (Lipinski definition) is 0. The molecule has 0 unspecified atom stereocenters. The number of rotatable bonds is 3. The molecule has 1 aromatic carbocycles. The molecule has 24 heavy (non-hydrogen) atoms. The summed E-state index contributed by atoms with van der Waals surface area (Å²) in [6, 6.07) is 7.87. The normalized spacial score (nSPS) is 13.4. The first kappa shape index (κ1) is 16.6. The number of methoxy groups -OCH3 is 1. The number of aromatic nitrogens is 1. The van der Waals surface area contributed by atoms with Crippen LogP contribution in [0.4, 0.5) is 0 Å². The van der Waals surface area contributed by atoms with E-state index in [4.69, 9.17) is 4.74 Å². The van der Waals surface area contributed by atoms with E-state index in [2.05, 4.69) is 4.98 Å². The summed E-state index contributed by atoms with van der Waals surface area (Å²) in [5.74, 6) is -0.637. The highest BCUT2D eigenvalue weighted by Crippen LogP contribution is 2.36. The molecule has 1 aliphatic carbocycles. The number of carbonyl (C=O) groups is 2. The Labute approximate surface area is 145 Å². The largest absolute Gasteiger partial charge is 0.464 e. The lowest BCUT2D eigenvalue weighted by Crippen LogP contribution is -2.15. The summed E-state index contributed by atoms with van der Waals surface area (Å²) in [5.41, 5.74) is 2.71. The molecule has 0 saturated heterocycles. The second-order valence-corrected chi connectivity index (χ2v) is 7.75. The number of nitrogens with zero attached hydrogens (tertiary/aromatic N) is 1. The lowest BCUT2D eigenvalue weighted by molar-refractivity contribution is 0.0592. The third-order valence-electron chi connectivity index (χ3n) is 3.96. The molecule has 0 radical (unpaired) electrons. The maximum atomic E-state index is 12.9. The number of fused-ring (bicyclic) bond motifs is 1. The minimum atomic E-state index is -0.504. The number of carbonyl (C=O) groups excluding carboxylic acids is 2.